The lowest BCUT2D eigenvalue weighted by Gasteiger charge is -2.16. The summed E-state index contributed by atoms with van der Waals surface area (Å²) in [5.41, 5.74) is 6.76. The number of nitrogens with two attached hydrogens (primary N) is 1. The molecule has 0 saturated carbocycles. The molecule has 5 heteroatoms. The molecule has 0 bridgehead atoms. The highest BCUT2D eigenvalue weighted by Crippen LogP contribution is 2.25. The Morgan fingerprint density at radius 2 is 1.86 bits per heavy atom. The zero-order valence-electron chi connectivity index (χ0n) is 8.48. The first-order valence-corrected chi connectivity index (χ1v) is 5.98. The summed E-state index contributed by atoms with van der Waals surface area (Å²) >= 11 is 0. The van der Waals surface area contributed by atoms with Crippen molar-refractivity contribution >= 4 is 21.2 Å². The molecule has 0 aliphatic carbocycles. The van der Waals surface area contributed by atoms with E-state index in [1.807, 2.05) is 0 Å². The van der Waals surface area contributed by atoms with Gasteiger partial charge in [0.1, 0.15) is 0 Å². The third-order valence-electron chi connectivity index (χ3n) is 1.86. The first-order chi connectivity index (χ1) is 6.32. The molecule has 0 amide bonds. The lowest BCUT2D eigenvalue weighted by Crippen LogP contribution is -2.13. The Bertz CT molecular complexity index is 438. The minimum absolute atomic E-state index is 0.303. The fourth-order valence-corrected chi connectivity index (χ4v) is 2.13. The lowest BCUT2D eigenvalue weighted by atomic mass is 10.2. The summed E-state index contributed by atoms with van der Waals surface area (Å²) in [7, 11) is 0.370. The topological polar surface area (TPSA) is 63.4 Å². The minimum Gasteiger partial charge on any atom is -0.399 e. The van der Waals surface area contributed by atoms with Crippen LogP contribution in [0.4, 0.5) is 11.4 Å². The van der Waals surface area contributed by atoms with Gasteiger partial charge in [0.2, 0.25) is 0 Å². The van der Waals surface area contributed by atoms with Crippen LogP contribution in [0.1, 0.15) is 0 Å². The van der Waals surface area contributed by atoms with Crippen LogP contribution in [0.2, 0.25) is 0 Å². The van der Waals surface area contributed by atoms with E-state index in [0.717, 1.165) is 0 Å². The van der Waals surface area contributed by atoms with E-state index in [1.54, 1.807) is 31.1 Å². The van der Waals surface area contributed by atoms with Gasteiger partial charge >= 0.3 is 0 Å². The molecule has 0 aromatic heterocycles. The van der Waals surface area contributed by atoms with Crippen molar-refractivity contribution in [3.05, 3.63) is 18.2 Å². The molecule has 2 N–H and O–H groups in total. The summed E-state index contributed by atoms with van der Waals surface area (Å²) in [5.74, 6) is 0. The molecule has 78 valence electrons. The maximum absolute atomic E-state index is 11.4. The zero-order chi connectivity index (χ0) is 10.9. The fraction of sp³-hybridized carbons (Fsp3) is 0.333. The van der Waals surface area contributed by atoms with Crippen LogP contribution in [0.25, 0.3) is 0 Å². The first-order valence-electron chi connectivity index (χ1n) is 4.09. The van der Waals surface area contributed by atoms with Gasteiger partial charge in [-0.3, -0.25) is 0 Å². The van der Waals surface area contributed by atoms with Crippen molar-refractivity contribution in [2.45, 2.75) is 4.90 Å². The van der Waals surface area contributed by atoms with E-state index < -0.39 is 9.84 Å². The van der Waals surface area contributed by atoms with E-state index in [1.165, 1.54) is 12.3 Å². The second-order valence-corrected chi connectivity index (χ2v) is 5.38. The number of rotatable bonds is 2. The predicted octanol–water partition coefficient (Wildman–Crippen LogP) is 0.738. The third kappa shape index (κ3) is 2.17. The average molecular weight is 214 g/mol. The molecule has 0 unspecified atom stereocenters. The SMILES string of the molecule is CN(C)c1cc(N)ccc1S(C)(=O)=O. The number of benzene rings is 1. The monoisotopic (exact) mass is 214 g/mol. The second-order valence-electron chi connectivity index (χ2n) is 3.39. The van der Waals surface area contributed by atoms with Crippen LogP contribution in [-0.4, -0.2) is 28.8 Å². The van der Waals surface area contributed by atoms with Crippen molar-refractivity contribution in [2.24, 2.45) is 0 Å². The Labute approximate surface area is 84.3 Å². The molecule has 0 radical (unpaired) electrons. The molecule has 1 rings (SSSR count). The molecule has 14 heavy (non-hydrogen) atoms. The summed E-state index contributed by atoms with van der Waals surface area (Å²) in [6.45, 7) is 0. The zero-order valence-corrected chi connectivity index (χ0v) is 9.30. The lowest BCUT2D eigenvalue weighted by molar-refractivity contribution is 0.602. The Morgan fingerprint density at radius 3 is 2.29 bits per heavy atom. The molecule has 0 heterocycles. The van der Waals surface area contributed by atoms with Crippen molar-refractivity contribution < 1.29 is 8.42 Å². The van der Waals surface area contributed by atoms with Crippen molar-refractivity contribution in [2.75, 3.05) is 31.0 Å². The number of anilines is 2. The van der Waals surface area contributed by atoms with Crippen LogP contribution in [0, 0.1) is 0 Å². The Hall–Kier alpha value is -1.23. The Morgan fingerprint density at radius 1 is 1.29 bits per heavy atom. The average Bonchev–Trinajstić information content (AvgIpc) is 2.01. The summed E-state index contributed by atoms with van der Waals surface area (Å²) in [6, 6.07) is 4.76. The predicted molar refractivity (Wildman–Crippen MR) is 58.3 cm³/mol. The summed E-state index contributed by atoms with van der Waals surface area (Å²) in [5, 5.41) is 0. The van der Waals surface area contributed by atoms with Crippen molar-refractivity contribution in [3.63, 3.8) is 0 Å². The number of hydrogen-bond donors (Lipinski definition) is 1. The minimum atomic E-state index is -3.19. The highest BCUT2D eigenvalue weighted by atomic mass is 32.2. The van der Waals surface area contributed by atoms with E-state index in [9.17, 15) is 8.42 Å². The molecule has 0 fully saturated rings. The molecule has 0 saturated heterocycles. The van der Waals surface area contributed by atoms with Gasteiger partial charge in [-0.2, -0.15) is 0 Å². The van der Waals surface area contributed by atoms with Gasteiger partial charge in [0.25, 0.3) is 0 Å². The van der Waals surface area contributed by atoms with Crippen molar-refractivity contribution in [3.8, 4) is 0 Å². The molecule has 1 aromatic carbocycles. The van der Waals surface area contributed by atoms with Crippen molar-refractivity contribution in [1.29, 1.82) is 0 Å². The maximum Gasteiger partial charge on any atom is 0.177 e. The van der Waals surface area contributed by atoms with Gasteiger partial charge in [0, 0.05) is 26.0 Å². The van der Waals surface area contributed by atoms with Crippen LogP contribution < -0.4 is 10.6 Å². The number of sulfone groups is 1. The van der Waals surface area contributed by atoms with Crippen LogP contribution in [0.5, 0.6) is 0 Å². The molecule has 0 spiro atoms. The second kappa shape index (κ2) is 3.49. The maximum atomic E-state index is 11.4. The molecule has 1 aromatic rings. The third-order valence-corrected chi connectivity index (χ3v) is 3.01. The largest absolute Gasteiger partial charge is 0.399 e. The molecule has 0 aliphatic rings. The van der Waals surface area contributed by atoms with Crippen LogP contribution in [0.3, 0.4) is 0 Å². The fourth-order valence-electron chi connectivity index (χ4n) is 1.20. The molecular formula is C9H14N2O2S. The normalized spacial score (nSPS) is 11.4. The van der Waals surface area contributed by atoms with Gasteiger partial charge in [0.05, 0.1) is 10.6 Å². The molecule has 0 atom stereocenters. The standard InChI is InChI=1S/C9H14N2O2S/c1-11(2)8-6-7(10)4-5-9(8)14(3,12)13/h4-6H,10H2,1-3H3. The number of hydrogen-bond acceptors (Lipinski definition) is 4. The highest BCUT2D eigenvalue weighted by molar-refractivity contribution is 7.90. The van der Waals surface area contributed by atoms with Gasteiger partial charge in [0.15, 0.2) is 9.84 Å². The van der Waals surface area contributed by atoms with Crippen LogP contribution >= 0.6 is 0 Å². The molecular weight excluding hydrogens is 200 g/mol. The van der Waals surface area contributed by atoms with E-state index in [2.05, 4.69) is 0 Å². The van der Waals surface area contributed by atoms with E-state index in [0.29, 0.717) is 16.3 Å². The smallest absolute Gasteiger partial charge is 0.177 e. The van der Waals surface area contributed by atoms with Crippen molar-refractivity contribution in [1.82, 2.24) is 0 Å². The summed E-state index contributed by atoms with van der Waals surface area (Å²) in [4.78, 5) is 2.03. The van der Waals surface area contributed by atoms with Gasteiger partial charge in [-0.15, -0.1) is 0 Å². The van der Waals surface area contributed by atoms with E-state index in [-0.39, 0.29) is 0 Å². The summed E-state index contributed by atoms with van der Waals surface area (Å²) < 4.78 is 22.8. The van der Waals surface area contributed by atoms with Crippen LogP contribution in [0.15, 0.2) is 23.1 Å². The van der Waals surface area contributed by atoms with E-state index in [4.69, 9.17) is 5.73 Å². The Kier molecular flexibility index (Phi) is 2.71. The molecule has 4 nitrogen and oxygen atoms in total. The van der Waals surface area contributed by atoms with Crippen LogP contribution in [-0.2, 0) is 9.84 Å². The molecule has 0 aliphatic heterocycles. The van der Waals surface area contributed by atoms with Gasteiger partial charge in [-0.1, -0.05) is 0 Å². The Balaban J connectivity index is 3.45. The summed E-state index contributed by atoms with van der Waals surface area (Å²) in [6.07, 6.45) is 1.19. The van der Waals surface area contributed by atoms with Gasteiger partial charge in [-0.05, 0) is 18.2 Å². The van der Waals surface area contributed by atoms with Gasteiger partial charge in [-0.25, -0.2) is 8.42 Å². The number of nitrogen functional groups attached to an aromatic ring is 1. The number of nitrogens with zero attached hydrogens (tertiary/aromatic N) is 1. The highest BCUT2D eigenvalue weighted by Gasteiger charge is 2.14. The quantitative estimate of drug-likeness (QED) is 0.737. The first kappa shape index (κ1) is 10.8. The van der Waals surface area contributed by atoms with E-state index >= 15 is 0 Å². The van der Waals surface area contributed by atoms with Gasteiger partial charge < -0.3 is 10.6 Å².